The zero-order valence-electron chi connectivity index (χ0n) is 20.7. The van der Waals surface area contributed by atoms with Crippen LogP contribution in [-0.2, 0) is 4.74 Å². The number of aryl methyl sites for hydroxylation is 1. The van der Waals surface area contributed by atoms with Crippen LogP contribution in [0, 0.1) is 12.8 Å². The maximum absolute atomic E-state index is 12.9. The Morgan fingerprint density at radius 3 is 2.56 bits per heavy atom. The van der Waals surface area contributed by atoms with Crippen LogP contribution in [0.3, 0.4) is 0 Å². The molecule has 1 saturated heterocycles. The Hall–Kier alpha value is -3.03. The minimum Gasteiger partial charge on any atom is -0.430 e. The maximum Gasteiger partial charge on any atom is 0.408 e. The number of hydrogen-bond donors (Lipinski definition) is 1. The van der Waals surface area contributed by atoms with Gasteiger partial charge < -0.3 is 24.6 Å². The fourth-order valence-corrected chi connectivity index (χ4v) is 4.20. The van der Waals surface area contributed by atoms with Crippen LogP contribution in [-0.4, -0.2) is 74.4 Å². The molecular formula is C26H32F2N3O4P. The first kappa shape index (κ1) is 27.6. The number of ether oxygens (including phenoxy) is 2. The van der Waals surface area contributed by atoms with Crippen LogP contribution in [0.1, 0.15) is 26.3 Å². The van der Waals surface area contributed by atoms with E-state index in [1.165, 1.54) is 33.5 Å². The fraction of sp³-hybridized carbons (Fsp3) is 0.385. The summed E-state index contributed by atoms with van der Waals surface area (Å²) in [5.41, 5.74) is 1.87. The highest BCUT2D eigenvalue weighted by Crippen LogP contribution is 2.27. The predicted molar refractivity (Wildman–Crippen MR) is 138 cm³/mol. The second kappa shape index (κ2) is 11.8. The monoisotopic (exact) mass is 519 g/mol. The second-order valence-corrected chi connectivity index (χ2v) is 9.62. The number of nitrogens with one attached hydrogen (secondary N) is 1. The number of carbonyl (C=O) groups excluding carboxylic acids is 2. The Bertz CT molecular complexity index is 1200. The molecule has 0 aliphatic carbocycles. The molecule has 36 heavy (non-hydrogen) atoms. The summed E-state index contributed by atoms with van der Waals surface area (Å²) in [4.78, 5) is 29.0. The van der Waals surface area contributed by atoms with Crippen molar-refractivity contribution < 1.29 is 27.8 Å². The van der Waals surface area contributed by atoms with Gasteiger partial charge in [-0.15, -0.1) is 0 Å². The lowest BCUT2D eigenvalue weighted by molar-refractivity contribution is -0.0892. The maximum atomic E-state index is 12.9. The average molecular weight is 520 g/mol. The first-order valence-electron chi connectivity index (χ1n) is 11.5. The van der Waals surface area contributed by atoms with Gasteiger partial charge in [0.1, 0.15) is 5.75 Å². The smallest absolute Gasteiger partial charge is 0.408 e. The molecule has 0 radical (unpaired) electrons. The number of halogens is 2. The van der Waals surface area contributed by atoms with Gasteiger partial charge in [-0.3, -0.25) is 9.59 Å². The lowest BCUT2D eigenvalue weighted by atomic mass is 9.98. The van der Waals surface area contributed by atoms with Gasteiger partial charge in [-0.1, -0.05) is 12.6 Å². The van der Waals surface area contributed by atoms with E-state index in [2.05, 4.69) is 16.6 Å². The second-order valence-electron chi connectivity index (χ2n) is 8.95. The zero-order valence-corrected chi connectivity index (χ0v) is 21.9. The van der Waals surface area contributed by atoms with Gasteiger partial charge in [-0.25, -0.2) is 0 Å². The summed E-state index contributed by atoms with van der Waals surface area (Å²) in [5.74, 6) is -3.39. The van der Waals surface area contributed by atoms with Gasteiger partial charge in [0.2, 0.25) is 0 Å². The summed E-state index contributed by atoms with van der Waals surface area (Å²) in [6.07, 6.45) is 1.96. The normalized spacial score (nSPS) is 14.4. The van der Waals surface area contributed by atoms with Crippen molar-refractivity contribution in [1.82, 2.24) is 15.1 Å². The molecule has 0 bridgehead atoms. The van der Waals surface area contributed by atoms with Crippen molar-refractivity contribution in [1.29, 1.82) is 0 Å². The largest absolute Gasteiger partial charge is 0.430 e. The van der Waals surface area contributed by atoms with Gasteiger partial charge in [-0.05, 0) is 62.5 Å². The summed E-state index contributed by atoms with van der Waals surface area (Å²) in [5, 5.41) is 4.52. The molecule has 1 fully saturated rings. The van der Waals surface area contributed by atoms with Crippen LogP contribution in [0.4, 0.5) is 8.78 Å². The van der Waals surface area contributed by atoms with Crippen molar-refractivity contribution in [3.63, 3.8) is 0 Å². The molecule has 0 aromatic heterocycles. The van der Waals surface area contributed by atoms with Gasteiger partial charge in [0.05, 0.1) is 6.61 Å². The summed E-state index contributed by atoms with van der Waals surface area (Å²) in [6, 6.07) is 9.41. The molecule has 1 unspecified atom stereocenters. The average Bonchev–Trinajstić information content (AvgIpc) is 2.77. The molecule has 3 rings (SSSR count). The first-order valence-corrected chi connectivity index (χ1v) is 12.1. The molecule has 194 valence electrons. The van der Waals surface area contributed by atoms with E-state index in [0.717, 1.165) is 22.5 Å². The molecule has 2 aromatic carbocycles. The van der Waals surface area contributed by atoms with Crippen molar-refractivity contribution in [3.8, 4) is 5.75 Å². The molecule has 1 atom stereocenters. The number of likely N-dealkylation sites (tertiary alicyclic amines) is 1. The summed E-state index contributed by atoms with van der Waals surface area (Å²) in [6.45, 7) is 8.77. The molecule has 0 saturated carbocycles. The van der Waals surface area contributed by atoms with Gasteiger partial charge in [0.15, 0.2) is 0 Å². The number of nitrogens with zero attached hydrogens (tertiary/aromatic N) is 2. The van der Waals surface area contributed by atoms with Gasteiger partial charge in [0.25, 0.3) is 11.8 Å². The minimum absolute atomic E-state index is 0.0123. The summed E-state index contributed by atoms with van der Waals surface area (Å²) in [7, 11) is 4.84. The number of rotatable bonds is 10. The van der Waals surface area contributed by atoms with Crippen molar-refractivity contribution in [2.24, 2.45) is 5.92 Å². The number of amides is 2. The highest BCUT2D eigenvalue weighted by atomic mass is 31.0. The molecule has 2 amide bonds. The molecule has 2 aromatic rings. The van der Waals surface area contributed by atoms with Crippen LogP contribution in [0.25, 0.3) is 12.8 Å². The molecule has 10 heteroatoms. The van der Waals surface area contributed by atoms with Gasteiger partial charge in [0, 0.05) is 63.6 Å². The Morgan fingerprint density at radius 1 is 1.28 bits per heavy atom. The summed E-state index contributed by atoms with van der Waals surface area (Å²) >= 11 is 0. The molecule has 1 aliphatic heterocycles. The van der Waals surface area contributed by atoms with E-state index in [1.807, 2.05) is 37.2 Å². The third-order valence-corrected chi connectivity index (χ3v) is 5.95. The Kier molecular flexibility index (Phi) is 9.03. The van der Waals surface area contributed by atoms with Crippen molar-refractivity contribution in [2.75, 3.05) is 46.9 Å². The molecule has 7 nitrogen and oxygen atoms in total. The third-order valence-electron chi connectivity index (χ3n) is 5.83. The zero-order chi connectivity index (χ0) is 26.5. The van der Waals surface area contributed by atoms with Crippen LogP contribution >= 0.6 is 9.24 Å². The number of carbonyl (C=O) groups is 2. The third kappa shape index (κ3) is 7.48. The van der Waals surface area contributed by atoms with E-state index in [4.69, 9.17) is 4.74 Å². The number of hydrogen-bond acceptors (Lipinski definition) is 5. The van der Waals surface area contributed by atoms with Crippen molar-refractivity contribution >= 4 is 33.8 Å². The van der Waals surface area contributed by atoms with Crippen LogP contribution in [0.15, 0.2) is 36.4 Å². The fourth-order valence-electron chi connectivity index (χ4n) is 4.06. The predicted octanol–water partition coefficient (Wildman–Crippen LogP) is 2.03. The van der Waals surface area contributed by atoms with Crippen molar-refractivity contribution in [3.05, 3.63) is 63.5 Å². The van der Waals surface area contributed by atoms with Gasteiger partial charge >= 0.3 is 5.85 Å². The van der Waals surface area contributed by atoms with E-state index >= 15 is 0 Å². The van der Waals surface area contributed by atoms with E-state index in [9.17, 15) is 18.4 Å². The van der Waals surface area contributed by atoms with Crippen molar-refractivity contribution in [2.45, 2.75) is 12.8 Å². The van der Waals surface area contributed by atoms with E-state index < -0.39 is 5.85 Å². The molecular weight excluding hydrogens is 487 g/mol. The highest BCUT2D eigenvalue weighted by Gasteiger charge is 2.31. The summed E-state index contributed by atoms with van der Waals surface area (Å²) < 4.78 is 35.3. The van der Waals surface area contributed by atoms with Gasteiger partial charge in [-0.2, -0.15) is 8.78 Å². The van der Waals surface area contributed by atoms with E-state index in [-0.39, 0.29) is 23.5 Å². The Labute approximate surface area is 211 Å². The van der Waals surface area contributed by atoms with Crippen LogP contribution in [0.2, 0.25) is 0 Å². The number of alkyl halides is 2. The molecule has 1 N–H and O–H groups in total. The topological polar surface area (TPSA) is 71.1 Å². The first-order chi connectivity index (χ1) is 17.0. The SMILES string of the molecule is C=c1cc(C)c(C(=O)NCCOC)c/c1=C/N(C)CC1CN(C(=O)c2ccc(OC(F)(F)P)cc2)C1. The van der Waals surface area contributed by atoms with E-state index in [0.29, 0.717) is 37.4 Å². The van der Waals surface area contributed by atoms with Crippen LogP contribution in [0.5, 0.6) is 5.75 Å². The number of benzene rings is 2. The quantitative estimate of drug-likeness (QED) is 0.384. The Morgan fingerprint density at radius 2 is 1.94 bits per heavy atom. The molecule has 0 spiro atoms. The molecule has 1 aliphatic rings. The lowest BCUT2D eigenvalue weighted by Gasteiger charge is -2.41. The standard InChI is InChI=1S/C26H32F2N3O4P/c1-17-11-18(2)23(24(32)29-9-10-34-4)12-21(17)16-30(3)13-19-14-31(15-19)25(33)20-5-7-22(8-6-20)35-26(27,28)36/h5-8,11-12,16,19H,1,9-10,13-15,36H2,2-4H3,(H,29,32)/b21-16-. The lowest BCUT2D eigenvalue weighted by Crippen LogP contribution is -2.53. The van der Waals surface area contributed by atoms with E-state index in [1.54, 1.807) is 12.0 Å². The Balaban J connectivity index is 1.57. The van der Waals surface area contributed by atoms with Crippen LogP contribution < -0.4 is 20.5 Å². The minimum atomic E-state index is -3.36. The number of methoxy groups -OCH3 is 1. The molecule has 1 heterocycles. The highest BCUT2D eigenvalue weighted by molar-refractivity contribution is 7.17.